The molecule has 3 saturated heterocycles. The Morgan fingerprint density at radius 2 is 1.92 bits per heavy atom. The molecule has 0 aromatic rings. The summed E-state index contributed by atoms with van der Waals surface area (Å²) in [6.45, 7) is 8.00. The molecule has 210 valence electrons. The molecule has 13 heteroatoms. The lowest BCUT2D eigenvalue weighted by Gasteiger charge is -2.35. The van der Waals surface area contributed by atoms with Crippen molar-refractivity contribution < 1.29 is 37.1 Å². The Morgan fingerprint density at radius 1 is 1.24 bits per heavy atom. The second-order valence-electron chi connectivity index (χ2n) is 12.1. The first-order chi connectivity index (χ1) is 17.6. The van der Waals surface area contributed by atoms with Gasteiger partial charge in [-0.05, 0) is 56.8 Å². The van der Waals surface area contributed by atoms with Gasteiger partial charge < -0.3 is 25.6 Å². The molecule has 1 saturated carbocycles. The summed E-state index contributed by atoms with van der Waals surface area (Å²) < 4.78 is 44.6. The van der Waals surface area contributed by atoms with Crippen LogP contribution < -0.4 is 16.0 Å². The maximum atomic E-state index is 13.6. The van der Waals surface area contributed by atoms with E-state index in [1.54, 1.807) is 5.32 Å². The molecular weight excluding hydrogens is 507 g/mol. The standard InChI is InChI=1S/C25H34F3N5O5/c1-23(2)9-12(19(34)32-23)8-13(10-29)30-20(35)18-16-14(24(16,3)4)11-33(18)21(36)17(15-6-5-7-38-15)31-22(37)25(26,27)28/h12-18H,5-9,11H2,1-4H3,(H,30,35)(H,31,37)(H,32,34). The van der Waals surface area contributed by atoms with Gasteiger partial charge in [0, 0.05) is 24.6 Å². The molecule has 10 nitrogen and oxygen atoms in total. The van der Waals surface area contributed by atoms with Crippen LogP contribution in [0, 0.1) is 34.5 Å². The lowest BCUT2D eigenvalue weighted by molar-refractivity contribution is -0.176. The van der Waals surface area contributed by atoms with E-state index >= 15 is 0 Å². The SMILES string of the molecule is CC1(C)CC(CC(C#N)NC(=O)C2C3C(CN2C(=O)C(NC(=O)C(F)(F)F)C2CCCO2)C3(C)C)C(=O)N1. The maximum absolute atomic E-state index is 13.6. The highest BCUT2D eigenvalue weighted by molar-refractivity contribution is 5.95. The minimum atomic E-state index is -5.19. The summed E-state index contributed by atoms with van der Waals surface area (Å²) in [4.78, 5) is 52.4. The van der Waals surface area contributed by atoms with E-state index in [9.17, 15) is 37.6 Å². The number of piperidine rings is 1. The molecule has 4 aliphatic rings. The molecule has 0 bridgehead atoms. The van der Waals surface area contributed by atoms with E-state index < -0.39 is 59.6 Å². The topological polar surface area (TPSA) is 141 Å². The van der Waals surface area contributed by atoms with Crippen molar-refractivity contribution >= 4 is 23.6 Å². The average molecular weight is 542 g/mol. The molecule has 3 heterocycles. The first kappa shape index (κ1) is 28.1. The number of hydrogen-bond donors (Lipinski definition) is 3. The number of carbonyl (C=O) groups excluding carboxylic acids is 4. The van der Waals surface area contributed by atoms with Crippen LogP contribution >= 0.6 is 0 Å². The summed E-state index contributed by atoms with van der Waals surface area (Å²) in [7, 11) is 0. The molecule has 7 atom stereocenters. The number of carbonyl (C=O) groups is 4. The monoisotopic (exact) mass is 541 g/mol. The van der Waals surface area contributed by atoms with Crippen molar-refractivity contribution in [3.8, 4) is 6.07 Å². The van der Waals surface area contributed by atoms with E-state index in [0.29, 0.717) is 12.8 Å². The molecule has 1 aliphatic carbocycles. The molecule has 4 amide bonds. The van der Waals surface area contributed by atoms with E-state index in [4.69, 9.17) is 4.74 Å². The molecule has 7 unspecified atom stereocenters. The van der Waals surface area contributed by atoms with Gasteiger partial charge in [-0.1, -0.05) is 13.8 Å². The van der Waals surface area contributed by atoms with Crippen molar-refractivity contribution in [3.63, 3.8) is 0 Å². The van der Waals surface area contributed by atoms with Gasteiger partial charge in [-0.2, -0.15) is 18.4 Å². The third-order valence-corrected chi connectivity index (χ3v) is 8.49. The van der Waals surface area contributed by atoms with Gasteiger partial charge in [0.15, 0.2) is 0 Å². The van der Waals surface area contributed by atoms with Gasteiger partial charge in [0.25, 0.3) is 0 Å². The van der Waals surface area contributed by atoms with Crippen LogP contribution in [0.15, 0.2) is 0 Å². The first-order valence-corrected chi connectivity index (χ1v) is 12.9. The van der Waals surface area contributed by atoms with Gasteiger partial charge >= 0.3 is 12.1 Å². The highest BCUT2D eigenvalue weighted by atomic mass is 19.4. The number of alkyl halides is 3. The number of amides is 4. The normalized spacial score (nSPS) is 32.5. The molecular formula is C25H34F3N5O5. The predicted octanol–water partition coefficient (Wildman–Crippen LogP) is 1.01. The Bertz CT molecular complexity index is 1050. The smallest absolute Gasteiger partial charge is 0.376 e. The van der Waals surface area contributed by atoms with Crippen molar-refractivity contribution in [1.82, 2.24) is 20.9 Å². The Hall–Kier alpha value is -2.88. The molecule has 3 aliphatic heterocycles. The Morgan fingerprint density at radius 3 is 2.45 bits per heavy atom. The summed E-state index contributed by atoms with van der Waals surface area (Å²) in [5.74, 6) is -4.67. The number of halogens is 3. The van der Waals surface area contributed by atoms with Gasteiger partial charge in [0.1, 0.15) is 18.1 Å². The van der Waals surface area contributed by atoms with Crippen molar-refractivity contribution in [2.45, 2.75) is 89.3 Å². The number of nitrogens with zero attached hydrogens (tertiary/aromatic N) is 2. The quantitative estimate of drug-likeness (QED) is 0.440. The third kappa shape index (κ3) is 5.32. The minimum absolute atomic E-state index is 0.0624. The van der Waals surface area contributed by atoms with Gasteiger partial charge in [-0.25, -0.2) is 0 Å². The molecule has 0 radical (unpaired) electrons. The summed E-state index contributed by atoms with van der Waals surface area (Å²) in [5.41, 5.74) is -0.714. The molecule has 0 aromatic carbocycles. The van der Waals surface area contributed by atoms with Crippen molar-refractivity contribution in [2.24, 2.45) is 23.2 Å². The highest BCUT2D eigenvalue weighted by Gasteiger charge is 2.70. The van der Waals surface area contributed by atoms with E-state index in [1.165, 1.54) is 4.90 Å². The molecule has 4 rings (SSSR count). The number of nitriles is 1. The zero-order valence-electron chi connectivity index (χ0n) is 21.9. The van der Waals surface area contributed by atoms with Crippen molar-refractivity contribution in [3.05, 3.63) is 0 Å². The summed E-state index contributed by atoms with van der Waals surface area (Å²) in [6, 6.07) is -1.61. The summed E-state index contributed by atoms with van der Waals surface area (Å²) >= 11 is 0. The van der Waals surface area contributed by atoms with Crippen molar-refractivity contribution in [2.75, 3.05) is 13.2 Å². The average Bonchev–Trinajstić information content (AvgIpc) is 3.32. The van der Waals surface area contributed by atoms with Crippen molar-refractivity contribution in [1.29, 1.82) is 5.26 Å². The van der Waals surface area contributed by atoms with Crippen LogP contribution in [-0.4, -0.2) is 77.6 Å². The second-order valence-corrected chi connectivity index (χ2v) is 12.1. The van der Waals surface area contributed by atoms with Crippen LogP contribution in [0.5, 0.6) is 0 Å². The van der Waals surface area contributed by atoms with Crippen LogP contribution in [0.4, 0.5) is 13.2 Å². The van der Waals surface area contributed by atoms with Gasteiger partial charge in [0.05, 0.1) is 12.2 Å². The Balaban J connectivity index is 1.52. The number of hydrogen-bond acceptors (Lipinski definition) is 6. The van der Waals surface area contributed by atoms with E-state index in [0.717, 1.165) is 0 Å². The lowest BCUT2D eigenvalue weighted by Crippen LogP contribution is -2.60. The molecule has 38 heavy (non-hydrogen) atoms. The number of ether oxygens (including phenoxy) is 1. The van der Waals surface area contributed by atoms with Gasteiger partial charge in [-0.15, -0.1) is 0 Å². The van der Waals surface area contributed by atoms with Crippen LogP contribution in [0.1, 0.15) is 53.4 Å². The fourth-order valence-corrected chi connectivity index (χ4v) is 6.47. The number of rotatable bonds is 7. The molecule has 0 spiro atoms. The Labute approximate surface area is 219 Å². The van der Waals surface area contributed by atoms with E-state index in [-0.39, 0.29) is 49.2 Å². The minimum Gasteiger partial charge on any atom is -0.376 e. The maximum Gasteiger partial charge on any atom is 0.471 e. The van der Waals surface area contributed by atoms with Crippen LogP contribution in [0.25, 0.3) is 0 Å². The van der Waals surface area contributed by atoms with Crippen LogP contribution in [0.2, 0.25) is 0 Å². The summed E-state index contributed by atoms with van der Waals surface area (Å²) in [5, 5.41) is 17.0. The van der Waals surface area contributed by atoms with Gasteiger partial charge in [-0.3, -0.25) is 19.2 Å². The zero-order chi connectivity index (χ0) is 28.2. The molecule has 4 fully saturated rings. The van der Waals surface area contributed by atoms with Crippen LogP contribution in [0.3, 0.4) is 0 Å². The van der Waals surface area contributed by atoms with Crippen LogP contribution in [-0.2, 0) is 23.9 Å². The largest absolute Gasteiger partial charge is 0.471 e. The third-order valence-electron chi connectivity index (χ3n) is 8.49. The predicted molar refractivity (Wildman–Crippen MR) is 126 cm³/mol. The molecule has 3 N–H and O–H groups in total. The fraction of sp³-hybridized carbons (Fsp3) is 0.800. The first-order valence-electron chi connectivity index (χ1n) is 12.9. The highest BCUT2D eigenvalue weighted by Crippen LogP contribution is 2.65. The van der Waals surface area contributed by atoms with E-state index in [1.807, 2.05) is 33.8 Å². The van der Waals surface area contributed by atoms with Gasteiger partial charge in [0.2, 0.25) is 17.7 Å². The number of likely N-dealkylation sites (tertiary alicyclic amines) is 1. The van der Waals surface area contributed by atoms with E-state index in [2.05, 4.69) is 10.6 Å². The lowest BCUT2D eigenvalue weighted by atomic mass is 9.91. The second kappa shape index (κ2) is 9.70. The zero-order valence-corrected chi connectivity index (χ0v) is 21.9. The number of fused-ring (bicyclic) bond motifs is 1. The Kier molecular flexibility index (Phi) is 7.18. The summed E-state index contributed by atoms with van der Waals surface area (Å²) in [6.07, 6.45) is -4.74. The fourth-order valence-electron chi connectivity index (χ4n) is 6.47. The molecule has 0 aromatic heterocycles. The number of nitrogens with one attached hydrogen (secondary N) is 3.